The molecule has 0 radical (unpaired) electrons. The summed E-state index contributed by atoms with van der Waals surface area (Å²) >= 11 is 23.1. The Hall–Kier alpha value is -1.39. The number of nitrogens with one attached hydrogen (secondary N) is 1. The number of amides is 2. The lowest BCUT2D eigenvalue weighted by Crippen LogP contribution is -2.35. The minimum absolute atomic E-state index is 0.0910. The summed E-state index contributed by atoms with van der Waals surface area (Å²) in [6.45, 7) is 0.222. The quantitative estimate of drug-likeness (QED) is 0.648. The molecule has 0 atom stereocenters. The van der Waals surface area contributed by atoms with E-state index in [1.54, 1.807) is 18.2 Å². The third kappa shape index (κ3) is 5.33. The van der Waals surface area contributed by atoms with Gasteiger partial charge in [0.1, 0.15) is 4.49 Å². The zero-order chi connectivity index (χ0) is 16.8. The van der Waals surface area contributed by atoms with E-state index in [0.717, 1.165) is 0 Å². The molecule has 2 rings (SSSR count). The Morgan fingerprint density at radius 2 is 1.74 bits per heavy atom. The van der Waals surface area contributed by atoms with Gasteiger partial charge in [0.25, 0.3) is 0 Å². The number of para-hydroxylation sites is 1. The van der Waals surface area contributed by atoms with Crippen LogP contribution in [0.4, 0.5) is 16.2 Å². The fourth-order valence-electron chi connectivity index (χ4n) is 1.84. The molecule has 2 aromatic rings. The van der Waals surface area contributed by atoms with Gasteiger partial charge in [0.05, 0.1) is 10.0 Å². The molecule has 0 bridgehead atoms. The van der Waals surface area contributed by atoms with Crippen molar-refractivity contribution in [3.8, 4) is 0 Å². The molecule has 3 nitrogen and oxygen atoms in total. The van der Waals surface area contributed by atoms with Crippen LogP contribution in [0.25, 0.3) is 0 Å². The molecule has 0 aliphatic heterocycles. The van der Waals surface area contributed by atoms with Crippen molar-refractivity contribution < 1.29 is 4.79 Å². The van der Waals surface area contributed by atoms with E-state index in [2.05, 4.69) is 5.32 Å². The van der Waals surface area contributed by atoms with Crippen LogP contribution in [0.15, 0.2) is 59.1 Å². The largest absolute Gasteiger partial charge is 0.326 e. The van der Waals surface area contributed by atoms with Crippen molar-refractivity contribution in [2.24, 2.45) is 0 Å². The number of carbonyl (C=O) groups excluding carboxylic acids is 1. The Balaban J connectivity index is 2.22. The molecule has 0 saturated carbocycles. The molecule has 0 aromatic heterocycles. The van der Waals surface area contributed by atoms with Crippen LogP contribution in [0, 0.1) is 0 Å². The summed E-state index contributed by atoms with van der Waals surface area (Å²) in [5.41, 5.74) is 1.24. The topological polar surface area (TPSA) is 32.3 Å². The van der Waals surface area contributed by atoms with Gasteiger partial charge in [-0.25, -0.2) is 4.79 Å². The third-order valence-electron chi connectivity index (χ3n) is 2.91. The van der Waals surface area contributed by atoms with Gasteiger partial charge in [-0.2, -0.15) is 0 Å². The van der Waals surface area contributed by atoms with E-state index in [4.69, 9.17) is 46.4 Å². The lowest BCUT2D eigenvalue weighted by atomic mass is 10.3. The average Bonchev–Trinajstić information content (AvgIpc) is 2.52. The minimum atomic E-state index is -0.347. The molecular formula is C16H12Cl4N2O. The smallest absolute Gasteiger partial charge is 0.307 e. The molecule has 0 heterocycles. The fourth-order valence-corrected chi connectivity index (χ4v) is 2.27. The maximum atomic E-state index is 12.5. The normalized spacial score (nSPS) is 10.1. The van der Waals surface area contributed by atoms with Crippen LogP contribution in [0.3, 0.4) is 0 Å². The number of benzene rings is 2. The third-order valence-corrected chi connectivity index (χ3v) is 3.96. The van der Waals surface area contributed by atoms with E-state index < -0.39 is 0 Å². The van der Waals surface area contributed by atoms with Crippen LogP contribution in [0.1, 0.15) is 0 Å². The summed E-state index contributed by atoms with van der Waals surface area (Å²) in [5.74, 6) is 0. The standard InChI is InChI=1S/C16H12Cl4N2O/c17-13-7-6-11(10-14(13)18)21-16(23)22(9-8-15(19)20)12-4-2-1-3-5-12/h1-8,10H,9H2,(H,21,23). The van der Waals surface area contributed by atoms with E-state index >= 15 is 0 Å². The molecule has 0 saturated heterocycles. The van der Waals surface area contributed by atoms with Crippen LogP contribution in [0.2, 0.25) is 10.0 Å². The number of hydrogen-bond acceptors (Lipinski definition) is 1. The van der Waals surface area contributed by atoms with Crippen molar-refractivity contribution in [3.63, 3.8) is 0 Å². The van der Waals surface area contributed by atoms with Crippen molar-refractivity contribution >= 4 is 63.8 Å². The Morgan fingerprint density at radius 1 is 1.04 bits per heavy atom. The number of hydrogen-bond donors (Lipinski definition) is 1. The molecule has 23 heavy (non-hydrogen) atoms. The van der Waals surface area contributed by atoms with Gasteiger partial charge in [-0.1, -0.05) is 64.6 Å². The van der Waals surface area contributed by atoms with Crippen molar-refractivity contribution in [3.05, 3.63) is 69.1 Å². The molecule has 0 unspecified atom stereocenters. The number of urea groups is 1. The monoisotopic (exact) mass is 388 g/mol. The van der Waals surface area contributed by atoms with Crippen LogP contribution < -0.4 is 10.2 Å². The second kappa shape index (κ2) is 8.46. The fraction of sp³-hybridized carbons (Fsp3) is 0.0625. The molecule has 120 valence electrons. The zero-order valence-corrected chi connectivity index (χ0v) is 14.8. The molecule has 0 aliphatic rings. The summed E-state index contributed by atoms with van der Waals surface area (Å²) in [7, 11) is 0. The van der Waals surface area contributed by atoms with Crippen LogP contribution in [-0.2, 0) is 0 Å². The van der Waals surface area contributed by atoms with Gasteiger partial charge in [-0.05, 0) is 36.4 Å². The predicted molar refractivity (Wildman–Crippen MR) is 99.1 cm³/mol. The van der Waals surface area contributed by atoms with Crippen LogP contribution in [-0.4, -0.2) is 12.6 Å². The first-order chi connectivity index (χ1) is 11.0. The van der Waals surface area contributed by atoms with Gasteiger partial charge in [0, 0.05) is 17.9 Å². The predicted octanol–water partition coefficient (Wildman–Crippen LogP) is 6.35. The Morgan fingerprint density at radius 3 is 2.35 bits per heavy atom. The van der Waals surface area contributed by atoms with Gasteiger partial charge < -0.3 is 5.32 Å². The zero-order valence-electron chi connectivity index (χ0n) is 11.8. The molecule has 7 heteroatoms. The van der Waals surface area contributed by atoms with Crippen LogP contribution >= 0.6 is 46.4 Å². The number of anilines is 2. The van der Waals surface area contributed by atoms with E-state index in [9.17, 15) is 4.79 Å². The van der Waals surface area contributed by atoms with Gasteiger partial charge in [-0.15, -0.1) is 0 Å². The maximum absolute atomic E-state index is 12.5. The maximum Gasteiger partial charge on any atom is 0.326 e. The molecule has 0 fully saturated rings. The highest BCUT2D eigenvalue weighted by atomic mass is 35.5. The van der Waals surface area contributed by atoms with Crippen LogP contribution in [0.5, 0.6) is 0 Å². The summed E-state index contributed by atoms with van der Waals surface area (Å²) in [6.07, 6.45) is 1.53. The highest BCUT2D eigenvalue weighted by molar-refractivity contribution is 6.55. The summed E-state index contributed by atoms with van der Waals surface area (Å²) < 4.78 is 0.0910. The van der Waals surface area contributed by atoms with Crippen molar-refractivity contribution in [2.45, 2.75) is 0 Å². The first-order valence-electron chi connectivity index (χ1n) is 6.57. The highest BCUT2D eigenvalue weighted by Gasteiger charge is 2.15. The lowest BCUT2D eigenvalue weighted by molar-refractivity contribution is 0.257. The Kier molecular flexibility index (Phi) is 6.60. The molecule has 2 amide bonds. The number of halogens is 4. The number of carbonyl (C=O) groups is 1. The summed E-state index contributed by atoms with van der Waals surface area (Å²) in [5, 5.41) is 3.54. The molecule has 0 aliphatic carbocycles. The van der Waals surface area contributed by atoms with Gasteiger partial charge in [-0.3, -0.25) is 4.90 Å². The van der Waals surface area contributed by atoms with Crippen molar-refractivity contribution in [1.29, 1.82) is 0 Å². The Labute approximate surface area is 154 Å². The van der Waals surface area contributed by atoms with E-state index in [0.29, 0.717) is 21.4 Å². The van der Waals surface area contributed by atoms with E-state index in [1.807, 2.05) is 30.3 Å². The van der Waals surface area contributed by atoms with E-state index in [1.165, 1.54) is 11.0 Å². The van der Waals surface area contributed by atoms with E-state index in [-0.39, 0.29) is 17.1 Å². The second-order valence-electron chi connectivity index (χ2n) is 4.50. The first-order valence-corrected chi connectivity index (χ1v) is 8.08. The molecule has 0 spiro atoms. The molecule has 2 aromatic carbocycles. The molecular weight excluding hydrogens is 378 g/mol. The number of nitrogens with zero attached hydrogens (tertiary/aromatic N) is 1. The van der Waals surface area contributed by atoms with Crippen molar-refractivity contribution in [1.82, 2.24) is 0 Å². The summed E-state index contributed by atoms with van der Waals surface area (Å²) in [4.78, 5) is 14.0. The highest BCUT2D eigenvalue weighted by Crippen LogP contribution is 2.25. The number of rotatable bonds is 4. The molecule has 1 N–H and O–H groups in total. The summed E-state index contributed by atoms with van der Waals surface area (Å²) in [6, 6.07) is 13.7. The lowest BCUT2D eigenvalue weighted by Gasteiger charge is -2.22. The average molecular weight is 390 g/mol. The van der Waals surface area contributed by atoms with Gasteiger partial charge >= 0.3 is 6.03 Å². The minimum Gasteiger partial charge on any atom is -0.307 e. The first kappa shape index (κ1) is 18.0. The Bertz CT molecular complexity index is 715. The van der Waals surface area contributed by atoms with Gasteiger partial charge in [0.15, 0.2) is 0 Å². The van der Waals surface area contributed by atoms with Crippen molar-refractivity contribution in [2.75, 3.05) is 16.8 Å². The van der Waals surface area contributed by atoms with Gasteiger partial charge in [0.2, 0.25) is 0 Å². The SMILES string of the molecule is O=C(Nc1ccc(Cl)c(Cl)c1)N(CC=C(Cl)Cl)c1ccccc1. The second-order valence-corrected chi connectivity index (χ2v) is 6.32.